The Labute approximate surface area is 102 Å². The van der Waals surface area contributed by atoms with Gasteiger partial charge in [-0.25, -0.2) is 4.39 Å². The molecule has 1 saturated heterocycles. The fourth-order valence-corrected chi connectivity index (χ4v) is 1.58. The summed E-state index contributed by atoms with van der Waals surface area (Å²) in [6, 6.07) is -0.162. The van der Waals surface area contributed by atoms with Gasteiger partial charge in [0.1, 0.15) is 6.17 Å². The molecule has 0 radical (unpaired) electrons. The third-order valence-electron chi connectivity index (χ3n) is 3.02. The van der Waals surface area contributed by atoms with Gasteiger partial charge in [-0.1, -0.05) is 0 Å². The van der Waals surface area contributed by atoms with Crippen LogP contribution in [0.1, 0.15) is 26.7 Å². The molecule has 6 heteroatoms. The van der Waals surface area contributed by atoms with E-state index in [1.165, 1.54) is 6.92 Å². The topological polar surface area (TPSA) is 66.3 Å². The molecule has 2 unspecified atom stereocenters. The second kappa shape index (κ2) is 6.64. The smallest absolute Gasteiger partial charge is 0.239 e. The number of likely N-dealkylation sites (tertiary alicyclic amines) is 1. The van der Waals surface area contributed by atoms with Gasteiger partial charge in [0.05, 0.1) is 6.04 Å². The van der Waals surface area contributed by atoms with Crippen molar-refractivity contribution in [2.45, 2.75) is 44.9 Å². The number of piperidine rings is 1. The monoisotopic (exact) mass is 243 g/mol. The van der Waals surface area contributed by atoms with Crippen molar-refractivity contribution >= 4 is 5.96 Å². The van der Waals surface area contributed by atoms with Crippen molar-refractivity contribution < 1.29 is 4.39 Å². The molecule has 1 heterocycles. The van der Waals surface area contributed by atoms with Crippen molar-refractivity contribution in [3.8, 4) is 0 Å². The van der Waals surface area contributed by atoms with E-state index < -0.39 is 12.2 Å². The molecule has 0 amide bonds. The first-order valence-corrected chi connectivity index (χ1v) is 6.06. The molecule has 0 spiro atoms. The summed E-state index contributed by atoms with van der Waals surface area (Å²) >= 11 is 0. The van der Waals surface area contributed by atoms with Gasteiger partial charge in [-0.3, -0.25) is 4.99 Å². The van der Waals surface area contributed by atoms with E-state index in [0.29, 0.717) is 5.96 Å². The number of halogens is 1. The van der Waals surface area contributed by atoms with Gasteiger partial charge in [-0.05, 0) is 26.7 Å². The van der Waals surface area contributed by atoms with Gasteiger partial charge < -0.3 is 10.6 Å². The molecule has 0 aromatic heterocycles. The highest BCUT2D eigenvalue weighted by Crippen LogP contribution is 2.10. The molecule has 1 aliphatic heterocycles. The Bertz CT molecular complexity index is 282. The molecule has 0 saturated carbocycles. The third kappa shape index (κ3) is 4.38. The van der Waals surface area contributed by atoms with Crippen molar-refractivity contribution in [3.05, 3.63) is 0 Å². The number of hydrogen-bond donors (Lipinski definition) is 1. The molecule has 0 aliphatic carbocycles. The van der Waals surface area contributed by atoms with Crippen LogP contribution in [0.3, 0.4) is 0 Å². The lowest BCUT2D eigenvalue weighted by molar-refractivity contribution is 0.302. The van der Waals surface area contributed by atoms with E-state index in [2.05, 4.69) is 15.2 Å². The van der Waals surface area contributed by atoms with Crippen LogP contribution in [0.4, 0.5) is 4.39 Å². The molecule has 5 nitrogen and oxygen atoms in total. The lowest BCUT2D eigenvalue weighted by atomic mass is 10.1. The average molecular weight is 243 g/mol. The van der Waals surface area contributed by atoms with Gasteiger partial charge >= 0.3 is 0 Å². The van der Waals surface area contributed by atoms with Crippen LogP contribution in [0.15, 0.2) is 15.2 Å². The highest BCUT2D eigenvalue weighted by atomic mass is 19.1. The van der Waals surface area contributed by atoms with E-state index in [1.807, 2.05) is 4.90 Å². The summed E-state index contributed by atoms with van der Waals surface area (Å²) < 4.78 is 12.9. The van der Waals surface area contributed by atoms with Crippen LogP contribution in [0, 0.1) is 0 Å². The standard InChI is InChI=1S/C11H22FN5/c1-8(12)9(2)15-16-11(14-3)17-6-4-10(13)5-7-17/h8-10H,4-7,13H2,1-3H3. The first-order valence-electron chi connectivity index (χ1n) is 6.06. The number of azo groups is 1. The normalized spacial score (nSPS) is 23.1. The molecule has 2 atom stereocenters. The zero-order valence-corrected chi connectivity index (χ0v) is 10.8. The predicted molar refractivity (Wildman–Crippen MR) is 67.0 cm³/mol. The fraction of sp³-hybridized carbons (Fsp3) is 0.909. The van der Waals surface area contributed by atoms with Crippen molar-refractivity contribution in [1.82, 2.24) is 4.90 Å². The Morgan fingerprint density at radius 1 is 1.35 bits per heavy atom. The maximum absolute atomic E-state index is 12.9. The van der Waals surface area contributed by atoms with E-state index in [9.17, 15) is 4.39 Å². The maximum Gasteiger partial charge on any atom is 0.239 e. The molecule has 0 aromatic carbocycles. The maximum atomic E-state index is 12.9. The van der Waals surface area contributed by atoms with Crippen molar-refractivity contribution in [2.24, 2.45) is 21.0 Å². The van der Waals surface area contributed by atoms with Gasteiger partial charge in [0.15, 0.2) is 0 Å². The molecular weight excluding hydrogens is 221 g/mol. The zero-order valence-electron chi connectivity index (χ0n) is 10.8. The highest BCUT2D eigenvalue weighted by Gasteiger charge is 2.19. The molecule has 1 aliphatic rings. The minimum Gasteiger partial charge on any atom is -0.340 e. The van der Waals surface area contributed by atoms with Crippen LogP contribution >= 0.6 is 0 Å². The van der Waals surface area contributed by atoms with E-state index in [0.717, 1.165) is 25.9 Å². The molecule has 1 rings (SSSR count). The van der Waals surface area contributed by atoms with Crippen molar-refractivity contribution in [1.29, 1.82) is 0 Å². The number of nitrogens with zero attached hydrogens (tertiary/aromatic N) is 4. The van der Waals surface area contributed by atoms with Crippen molar-refractivity contribution in [2.75, 3.05) is 20.1 Å². The summed E-state index contributed by atoms with van der Waals surface area (Å²) in [7, 11) is 1.67. The van der Waals surface area contributed by atoms with E-state index in [1.54, 1.807) is 14.0 Å². The summed E-state index contributed by atoms with van der Waals surface area (Å²) in [5.74, 6) is 0.574. The number of hydrogen-bond acceptors (Lipinski definition) is 3. The van der Waals surface area contributed by atoms with E-state index in [4.69, 9.17) is 5.73 Å². The highest BCUT2D eigenvalue weighted by molar-refractivity contribution is 5.80. The first-order chi connectivity index (χ1) is 8.04. The van der Waals surface area contributed by atoms with Crippen LogP contribution in [0.5, 0.6) is 0 Å². The van der Waals surface area contributed by atoms with Crippen LogP contribution in [-0.2, 0) is 0 Å². The van der Waals surface area contributed by atoms with Gasteiger partial charge in [-0.2, -0.15) is 5.11 Å². The molecule has 1 fully saturated rings. The van der Waals surface area contributed by atoms with Gasteiger partial charge in [0, 0.05) is 26.2 Å². The summed E-state index contributed by atoms with van der Waals surface area (Å²) in [5, 5.41) is 7.97. The summed E-state index contributed by atoms with van der Waals surface area (Å²) in [6.07, 6.45) is 0.874. The van der Waals surface area contributed by atoms with Crippen LogP contribution in [0.2, 0.25) is 0 Å². The van der Waals surface area contributed by atoms with E-state index >= 15 is 0 Å². The Morgan fingerprint density at radius 2 is 1.94 bits per heavy atom. The van der Waals surface area contributed by atoms with E-state index in [-0.39, 0.29) is 6.04 Å². The minimum absolute atomic E-state index is 0.270. The fourth-order valence-electron chi connectivity index (χ4n) is 1.58. The van der Waals surface area contributed by atoms with Crippen LogP contribution < -0.4 is 5.73 Å². The Balaban J connectivity index is 2.55. The molecule has 17 heavy (non-hydrogen) atoms. The molecule has 0 aromatic rings. The predicted octanol–water partition coefficient (Wildman–Crippen LogP) is 1.59. The quantitative estimate of drug-likeness (QED) is 0.454. The van der Waals surface area contributed by atoms with Gasteiger partial charge in [0.2, 0.25) is 5.96 Å². The third-order valence-corrected chi connectivity index (χ3v) is 3.02. The lowest BCUT2D eigenvalue weighted by Crippen LogP contribution is -2.42. The molecule has 2 N–H and O–H groups in total. The number of aliphatic imine (C=N–C) groups is 1. The summed E-state index contributed by atoms with van der Waals surface area (Å²) in [4.78, 5) is 6.13. The second-order valence-corrected chi connectivity index (χ2v) is 4.48. The SMILES string of the molecule is CN=C(N=NC(C)C(C)F)N1CCC(N)CC1. The number of nitrogens with two attached hydrogens (primary N) is 1. The molecular formula is C11H22FN5. The molecule has 98 valence electrons. The van der Waals surface area contributed by atoms with Crippen molar-refractivity contribution in [3.63, 3.8) is 0 Å². The zero-order chi connectivity index (χ0) is 12.8. The first kappa shape index (κ1) is 14.0. The van der Waals surface area contributed by atoms with Gasteiger partial charge in [0.25, 0.3) is 0 Å². The average Bonchev–Trinajstić information content (AvgIpc) is 2.31. The minimum atomic E-state index is -0.994. The summed E-state index contributed by atoms with van der Waals surface area (Å²) in [5.41, 5.74) is 5.83. The summed E-state index contributed by atoms with van der Waals surface area (Å²) in [6.45, 7) is 4.86. The number of guanidine groups is 1. The second-order valence-electron chi connectivity index (χ2n) is 4.48. The Hall–Kier alpha value is -1.04. The largest absolute Gasteiger partial charge is 0.340 e. The number of rotatable bonds is 2. The van der Waals surface area contributed by atoms with Crippen LogP contribution in [0.25, 0.3) is 0 Å². The number of alkyl halides is 1. The Kier molecular flexibility index (Phi) is 5.47. The van der Waals surface area contributed by atoms with Gasteiger partial charge in [-0.15, -0.1) is 5.11 Å². The Morgan fingerprint density at radius 3 is 2.41 bits per heavy atom. The van der Waals surface area contributed by atoms with Crippen LogP contribution in [-0.4, -0.2) is 49.3 Å². The lowest BCUT2D eigenvalue weighted by Gasteiger charge is -2.30. The molecule has 0 bridgehead atoms.